The third kappa shape index (κ3) is 4.89. The first-order valence-electron chi connectivity index (χ1n) is 12.4. The normalized spacial score (nSPS) is 26.4. The highest BCUT2D eigenvalue weighted by atomic mass is 19.1. The second-order valence-corrected chi connectivity index (χ2v) is 11.4. The second kappa shape index (κ2) is 8.78. The van der Waals surface area contributed by atoms with Crippen LogP contribution in [0.25, 0.3) is 0 Å². The van der Waals surface area contributed by atoms with Gasteiger partial charge in [0.1, 0.15) is 11.4 Å². The lowest BCUT2D eigenvalue weighted by Crippen LogP contribution is -2.52. The number of amides is 2. The van der Waals surface area contributed by atoms with Crippen LogP contribution in [0.15, 0.2) is 41.7 Å². The summed E-state index contributed by atoms with van der Waals surface area (Å²) in [5.74, 6) is -2.53. The molecule has 2 amide bonds. The molecule has 1 aromatic heterocycles. The summed E-state index contributed by atoms with van der Waals surface area (Å²) in [4.78, 5) is 36.8. The summed E-state index contributed by atoms with van der Waals surface area (Å²) in [7, 11) is 0. The Balaban J connectivity index is 1.41. The van der Waals surface area contributed by atoms with Gasteiger partial charge in [-0.15, -0.1) is 0 Å². The number of fused-ring (bicyclic) bond motifs is 1. The van der Waals surface area contributed by atoms with E-state index in [9.17, 15) is 18.4 Å². The van der Waals surface area contributed by atoms with Crippen molar-refractivity contribution in [2.24, 2.45) is 22.6 Å². The topological polar surface area (TPSA) is 110 Å². The van der Waals surface area contributed by atoms with E-state index in [1.54, 1.807) is 32.3 Å². The van der Waals surface area contributed by atoms with Gasteiger partial charge in [0.15, 0.2) is 17.5 Å². The molecule has 3 N–H and O–H groups in total. The minimum Gasteiger partial charge on any atom is -0.484 e. The average Bonchev–Trinajstić information content (AvgIpc) is 3.57. The zero-order chi connectivity index (χ0) is 26.7. The Hall–Kier alpha value is -3.56. The van der Waals surface area contributed by atoms with E-state index in [-0.39, 0.29) is 41.4 Å². The molecule has 3 aliphatic rings. The van der Waals surface area contributed by atoms with Crippen molar-refractivity contribution in [3.63, 3.8) is 0 Å². The number of carbonyl (C=O) groups excluding carboxylic acids is 2. The maximum absolute atomic E-state index is 14.5. The Morgan fingerprint density at radius 1 is 1.27 bits per heavy atom. The monoisotopic (exact) mass is 511 g/mol. The van der Waals surface area contributed by atoms with Crippen molar-refractivity contribution in [2.75, 3.05) is 0 Å². The fourth-order valence-electron chi connectivity index (χ4n) is 5.56. The van der Waals surface area contributed by atoms with Gasteiger partial charge in [0.05, 0.1) is 24.0 Å². The van der Waals surface area contributed by atoms with E-state index in [1.165, 1.54) is 11.0 Å². The molecule has 37 heavy (non-hydrogen) atoms. The SMILES string of the molecule is CC1(C)CC(=O)N([C@H](c2cccnc2)[C@H]2CC2C(=O)N[C@H]2CC(C)(C)Oc3c(F)cc(F)cc32)C(N)=N1. The molecule has 1 aromatic carbocycles. The number of hydrogen-bond acceptors (Lipinski definition) is 6. The van der Waals surface area contributed by atoms with Gasteiger partial charge < -0.3 is 15.8 Å². The van der Waals surface area contributed by atoms with Crippen LogP contribution in [0.1, 0.15) is 70.2 Å². The van der Waals surface area contributed by atoms with Crippen LogP contribution >= 0.6 is 0 Å². The number of rotatable bonds is 5. The van der Waals surface area contributed by atoms with Gasteiger partial charge in [-0.3, -0.25) is 19.5 Å². The van der Waals surface area contributed by atoms with Crippen molar-refractivity contribution >= 4 is 17.8 Å². The van der Waals surface area contributed by atoms with Crippen molar-refractivity contribution in [3.05, 3.63) is 59.4 Å². The lowest BCUT2D eigenvalue weighted by atomic mass is 9.89. The number of aliphatic imine (C=N–C) groups is 1. The van der Waals surface area contributed by atoms with E-state index in [1.807, 2.05) is 19.9 Å². The summed E-state index contributed by atoms with van der Waals surface area (Å²) in [6.07, 6.45) is 4.36. The van der Waals surface area contributed by atoms with Gasteiger partial charge in [0.2, 0.25) is 11.8 Å². The van der Waals surface area contributed by atoms with Gasteiger partial charge in [-0.2, -0.15) is 0 Å². The molecule has 1 fully saturated rings. The van der Waals surface area contributed by atoms with Gasteiger partial charge in [-0.05, 0) is 57.7 Å². The fourth-order valence-corrected chi connectivity index (χ4v) is 5.56. The number of nitrogens with zero attached hydrogens (tertiary/aromatic N) is 3. The van der Waals surface area contributed by atoms with Gasteiger partial charge in [0, 0.05) is 36.4 Å². The average molecular weight is 512 g/mol. The number of nitrogens with one attached hydrogen (secondary N) is 1. The molecule has 10 heteroatoms. The van der Waals surface area contributed by atoms with Crippen molar-refractivity contribution in [3.8, 4) is 5.75 Å². The molecular weight excluding hydrogens is 480 g/mol. The lowest BCUT2D eigenvalue weighted by molar-refractivity contribution is -0.132. The van der Waals surface area contributed by atoms with Crippen LogP contribution < -0.4 is 15.8 Å². The molecular formula is C27H31F2N5O3. The molecule has 4 atom stereocenters. The van der Waals surface area contributed by atoms with Crippen molar-refractivity contribution < 1.29 is 23.1 Å². The first-order valence-corrected chi connectivity index (χ1v) is 12.4. The number of halogens is 2. The highest BCUT2D eigenvalue weighted by Crippen LogP contribution is 2.51. The molecule has 1 unspecified atom stereocenters. The molecule has 2 aliphatic heterocycles. The maximum atomic E-state index is 14.5. The van der Waals surface area contributed by atoms with Gasteiger partial charge in [0.25, 0.3) is 0 Å². The number of guanidine groups is 1. The fraction of sp³-hybridized carbons (Fsp3) is 0.481. The zero-order valence-electron chi connectivity index (χ0n) is 21.3. The lowest BCUT2D eigenvalue weighted by Gasteiger charge is -2.38. The molecule has 1 aliphatic carbocycles. The van der Waals surface area contributed by atoms with E-state index < -0.39 is 40.8 Å². The predicted octanol–water partition coefficient (Wildman–Crippen LogP) is 3.78. The van der Waals surface area contributed by atoms with Crippen LogP contribution in [-0.4, -0.2) is 38.8 Å². The van der Waals surface area contributed by atoms with E-state index in [2.05, 4.69) is 15.3 Å². The van der Waals surface area contributed by atoms with Crippen molar-refractivity contribution in [1.82, 2.24) is 15.2 Å². The van der Waals surface area contributed by atoms with Crippen LogP contribution in [0.2, 0.25) is 0 Å². The molecule has 8 nitrogen and oxygen atoms in total. The number of nitrogens with two attached hydrogens (primary N) is 1. The van der Waals surface area contributed by atoms with Crippen LogP contribution in [0, 0.1) is 23.5 Å². The zero-order valence-corrected chi connectivity index (χ0v) is 21.3. The van der Waals surface area contributed by atoms with E-state index in [4.69, 9.17) is 10.5 Å². The van der Waals surface area contributed by atoms with Crippen LogP contribution in [0.5, 0.6) is 5.75 Å². The Kier molecular flexibility index (Phi) is 5.96. The van der Waals surface area contributed by atoms with Gasteiger partial charge >= 0.3 is 0 Å². The summed E-state index contributed by atoms with van der Waals surface area (Å²) in [6, 6.07) is 4.47. The molecule has 3 heterocycles. The second-order valence-electron chi connectivity index (χ2n) is 11.4. The quantitative estimate of drug-likeness (QED) is 0.635. The number of benzene rings is 1. The van der Waals surface area contributed by atoms with E-state index in [0.29, 0.717) is 12.8 Å². The predicted molar refractivity (Wildman–Crippen MR) is 132 cm³/mol. The third-order valence-electron chi connectivity index (χ3n) is 7.21. The first-order chi connectivity index (χ1) is 17.3. The van der Waals surface area contributed by atoms with Crippen molar-refractivity contribution in [2.45, 2.75) is 70.2 Å². The summed E-state index contributed by atoms with van der Waals surface area (Å²) in [5, 5.41) is 2.99. The number of pyridine rings is 1. The molecule has 196 valence electrons. The number of aromatic nitrogens is 1. The summed E-state index contributed by atoms with van der Waals surface area (Å²) in [6.45, 7) is 7.28. The van der Waals surface area contributed by atoms with Crippen LogP contribution in [0.4, 0.5) is 8.78 Å². The highest BCUT2D eigenvalue weighted by molar-refractivity contribution is 5.99. The Morgan fingerprint density at radius 2 is 2.03 bits per heavy atom. The molecule has 0 saturated heterocycles. The summed E-state index contributed by atoms with van der Waals surface area (Å²) >= 11 is 0. The third-order valence-corrected chi connectivity index (χ3v) is 7.21. The summed E-state index contributed by atoms with van der Waals surface area (Å²) < 4.78 is 34.3. The molecule has 0 radical (unpaired) electrons. The Bertz CT molecular complexity index is 1280. The Labute approximate surface area is 214 Å². The smallest absolute Gasteiger partial charge is 0.232 e. The maximum Gasteiger partial charge on any atom is 0.232 e. The largest absolute Gasteiger partial charge is 0.484 e. The highest BCUT2D eigenvalue weighted by Gasteiger charge is 2.53. The molecule has 2 aromatic rings. The molecule has 1 saturated carbocycles. The molecule has 0 spiro atoms. The van der Waals surface area contributed by atoms with E-state index >= 15 is 0 Å². The number of ether oxygens (including phenoxy) is 1. The van der Waals surface area contributed by atoms with Crippen LogP contribution in [0.3, 0.4) is 0 Å². The Morgan fingerprint density at radius 3 is 2.70 bits per heavy atom. The molecule has 0 bridgehead atoms. The van der Waals surface area contributed by atoms with Gasteiger partial charge in [-0.1, -0.05) is 6.07 Å². The minimum atomic E-state index is -0.802. The number of carbonyl (C=O) groups is 2. The van der Waals surface area contributed by atoms with Gasteiger partial charge in [-0.25, -0.2) is 13.8 Å². The van der Waals surface area contributed by atoms with E-state index in [0.717, 1.165) is 11.6 Å². The minimum absolute atomic E-state index is 0.0472. The van der Waals surface area contributed by atoms with Crippen LogP contribution in [-0.2, 0) is 9.59 Å². The standard InChI is InChI=1S/C27H31F2N5O3/c1-26(2)12-21(35)34(25(30)33-26)22(14-6-5-7-31-13-14)16-10-17(16)24(36)32-20-11-27(3,4)37-23-18(20)8-15(28)9-19(23)29/h5-9,13,16-17,20,22H,10-12H2,1-4H3,(H2,30,33)(H,32,36)/t16-,17?,20-,22+/m0/s1. The van der Waals surface area contributed by atoms with Crippen molar-refractivity contribution in [1.29, 1.82) is 0 Å². The number of hydrogen-bond donors (Lipinski definition) is 2. The first kappa shape index (κ1) is 25.1. The summed E-state index contributed by atoms with van der Waals surface area (Å²) in [5.41, 5.74) is 5.95. The molecule has 5 rings (SSSR count).